The Kier molecular flexibility index (Phi) is 9.35. The number of nitrogens with one attached hydrogen (secondary N) is 1. The van der Waals surface area contributed by atoms with Gasteiger partial charge in [0, 0.05) is 13.2 Å². The molecule has 0 unspecified atom stereocenters. The highest BCUT2D eigenvalue weighted by Gasteiger charge is 2.15. The topological polar surface area (TPSA) is 91.7 Å². The summed E-state index contributed by atoms with van der Waals surface area (Å²) in [7, 11) is 3.15. The Balaban J connectivity index is 1.79. The highest BCUT2D eigenvalue weighted by molar-refractivity contribution is 7.99. The molecule has 0 aliphatic rings. The van der Waals surface area contributed by atoms with Crippen LogP contribution in [0.5, 0.6) is 11.5 Å². The van der Waals surface area contributed by atoms with Crippen molar-refractivity contribution >= 4 is 28.6 Å². The molecule has 0 fully saturated rings. The lowest BCUT2D eigenvalue weighted by molar-refractivity contribution is -0.118. The van der Waals surface area contributed by atoms with Gasteiger partial charge in [-0.2, -0.15) is 0 Å². The Morgan fingerprint density at radius 1 is 1.12 bits per heavy atom. The van der Waals surface area contributed by atoms with Gasteiger partial charge in [0.05, 0.1) is 43.5 Å². The predicted molar refractivity (Wildman–Crippen MR) is 134 cm³/mol. The van der Waals surface area contributed by atoms with E-state index in [1.165, 1.54) is 11.8 Å². The van der Waals surface area contributed by atoms with Crippen molar-refractivity contribution in [2.45, 2.75) is 38.1 Å². The van der Waals surface area contributed by atoms with Crippen LogP contribution < -0.4 is 20.3 Å². The van der Waals surface area contributed by atoms with E-state index in [-0.39, 0.29) is 29.9 Å². The van der Waals surface area contributed by atoms with Gasteiger partial charge in [-0.05, 0) is 50.1 Å². The first-order valence-corrected chi connectivity index (χ1v) is 12.1. The van der Waals surface area contributed by atoms with Gasteiger partial charge in [-0.1, -0.05) is 30.0 Å². The smallest absolute Gasteiger partial charge is 0.262 e. The molecule has 182 valence electrons. The minimum absolute atomic E-state index is 0.116. The van der Waals surface area contributed by atoms with Crippen LogP contribution in [0.25, 0.3) is 10.9 Å². The molecule has 1 aromatic heterocycles. The second kappa shape index (κ2) is 12.4. The molecule has 1 N–H and O–H groups in total. The molecule has 9 heteroatoms. The summed E-state index contributed by atoms with van der Waals surface area (Å²) in [6.07, 6.45) is 0.917. The molecule has 34 heavy (non-hydrogen) atoms. The van der Waals surface area contributed by atoms with Crippen LogP contribution in [0, 0.1) is 0 Å². The van der Waals surface area contributed by atoms with E-state index in [0.29, 0.717) is 40.7 Å². The standard InChI is InChI=1S/C25H31N3O5S/c1-17(2)33-13-7-12-26-23(29)16-34-25-27-20-9-6-5-8-19(20)24(30)28(25)15-18-10-11-21(31-3)22(14-18)32-4/h5-6,8-11,14,17H,7,12-13,15-16H2,1-4H3,(H,26,29). The molecular formula is C25H31N3O5S. The van der Waals surface area contributed by atoms with Crippen molar-refractivity contribution in [2.24, 2.45) is 0 Å². The second-order valence-electron chi connectivity index (χ2n) is 7.90. The number of methoxy groups -OCH3 is 2. The first-order chi connectivity index (χ1) is 16.4. The molecule has 3 rings (SSSR count). The molecule has 0 saturated heterocycles. The maximum atomic E-state index is 13.3. The molecular weight excluding hydrogens is 454 g/mol. The van der Waals surface area contributed by atoms with Crippen LogP contribution in [-0.2, 0) is 16.1 Å². The Labute approximate surface area is 203 Å². The number of carbonyl (C=O) groups excluding carboxylic acids is 1. The zero-order valence-electron chi connectivity index (χ0n) is 20.0. The van der Waals surface area contributed by atoms with E-state index in [0.717, 1.165) is 12.0 Å². The summed E-state index contributed by atoms with van der Waals surface area (Å²) < 4.78 is 17.8. The average molecular weight is 486 g/mol. The predicted octanol–water partition coefficient (Wildman–Crippen LogP) is 3.49. The number of thioether (sulfide) groups is 1. The van der Waals surface area contributed by atoms with Crippen molar-refractivity contribution in [3.63, 3.8) is 0 Å². The highest BCUT2D eigenvalue weighted by Crippen LogP contribution is 2.28. The SMILES string of the molecule is COc1ccc(Cn2c(SCC(=O)NCCCOC(C)C)nc3ccccc3c2=O)cc1OC. The van der Waals surface area contributed by atoms with Crippen LogP contribution in [0.3, 0.4) is 0 Å². The summed E-state index contributed by atoms with van der Waals surface area (Å²) in [5.41, 5.74) is 1.30. The van der Waals surface area contributed by atoms with E-state index >= 15 is 0 Å². The number of hydrogen-bond donors (Lipinski definition) is 1. The minimum Gasteiger partial charge on any atom is -0.493 e. The Bertz CT molecular complexity index is 1180. The van der Waals surface area contributed by atoms with Gasteiger partial charge in [0.1, 0.15) is 0 Å². The van der Waals surface area contributed by atoms with Gasteiger partial charge in [-0.25, -0.2) is 4.98 Å². The summed E-state index contributed by atoms with van der Waals surface area (Å²) in [6, 6.07) is 12.7. The zero-order chi connectivity index (χ0) is 24.5. The number of nitrogens with zero attached hydrogens (tertiary/aromatic N) is 2. The summed E-state index contributed by atoms with van der Waals surface area (Å²) in [6.45, 7) is 5.38. The monoisotopic (exact) mass is 485 g/mol. The zero-order valence-corrected chi connectivity index (χ0v) is 20.8. The molecule has 0 aliphatic heterocycles. The molecule has 3 aromatic rings. The van der Waals surface area contributed by atoms with Crippen LogP contribution in [0.1, 0.15) is 25.8 Å². The van der Waals surface area contributed by atoms with Crippen molar-refractivity contribution in [3.8, 4) is 11.5 Å². The van der Waals surface area contributed by atoms with Crippen molar-refractivity contribution < 1.29 is 19.0 Å². The number of aromatic nitrogens is 2. The third-order valence-electron chi connectivity index (χ3n) is 5.04. The van der Waals surface area contributed by atoms with Crippen LogP contribution in [-0.4, -0.2) is 54.7 Å². The van der Waals surface area contributed by atoms with Gasteiger partial charge >= 0.3 is 0 Å². The van der Waals surface area contributed by atoms with E-state index in [1.807, 2.05) is 38.1 Å². The van der Waals surface area contributed by atoms with E-state index in [2.05, 4.69) is 10.3 Å². The van der Waals surface area contributed by atoms with E-state index in [9.17, 15) is 9.59 Å². The first kappa shape index (κ1) is 25.6. The fraction of sp³-hybridized carbons (Fsp3) is 0.400. The molecule has 0 aliphatic carbocycles. The Hall–Kier alpha value is -3.04. The summed E-state index contributed by atoms with van der Waals surface area (Å²) in [5, 5.41) is 3.90. The molecule has 0 radical (unpaired) electrons. The largest absolute Gasteiger partial charge is 0.493 e. The number of amides is 1. The third-order valence-corrected chi connectivity index (χ3v) is 6.02. The van der Waals surface area contributed by atoms with Gasteiger partial charge in [-0.3, -0.25) is 14.2 Å². The number of fused-ring (bicyclic) bond motifs is 1. The molecule has 0 spiro atoms. The third kappa shape index (κ3) is 6.74. The van der Waals surface area contributed by atoms with Gasteiger partial charge in [0.25, 0.3) is 5.56 Å². The van der Waals surface area contributed by atoms with E-state index < -0.39 is 0 Å². The van der Waals surface area contributed by atoms with Crippen molar-refractivity contribution in [1.29, 1.82) is 0 Å². The maximum Gasteiger partial charge on any atom is 0.262 e. The Morgan fingerprint density at radius 3 is 2.62 bits per heavy atom. The quantitative estimate of drug-likeness (QED) is 0.239. The van der Waals surface area contributed by atoms with Gasteiger partial charge < -0.3 is 19.5 Å². The Morgan fingerprint density at radius 2 is 1.88 bits per heavy atom. The number of carbonyl (C=O) groups is 1. The summed E-state index contributed by atoms with van der Waals surface area (Å²) in [4.78, 5) is 30.4. The van der Waals surface area contributed by atoms with Crippen LogP contribution in [0.4, 0.5) is 0 Å². The van der Waals surface area contributed by atoms with Gasteiger partial charge in [0.15, 0.2) is 16.7 Å². The number of ether oxygens (including phenoxy) is 3. The number of para-hydroxylation sites is 1. The average Bonchev–Trinajstić information content (AvgIpc) is 2.84. The van der Waals surface area contributed by atoms with Crippen molar-refractivity contribution in [3.05, 3.63) is 58.4 Å². The number of benzene rings is 2. The molecule has 8 nitrogen and oxygen atoms in total. The second-order valence-corrected chi connectivity index (χ2v) is 8.85. The van der Waals surface area contributed by atoms with Crippen molar-refractivity contribution in [2.75, 3.05) is 33.1 Å². The lowest BCUT2D eigenvalue weighted by atomic mass is 10.2. The normalized spacial score (nSPS) is 11.1. The molecule has 0 bridgehead atoms. The number of rotatable bonds is 12. The van der Waals surface area contributed by atoms with Gasteiger partial charge in [0.2, 0.25) is 5.91 Å². The summed E-state index contributed by atoms with van der Waals surface area (Å²) in [5.74, 6) is 1.23. The maximum absolute atomic E-state index is 13.3. The summed E-state index contributed by atoms with van der Waals surface area (Å²) >= 11 is 1.24. The molecule has 1 heterocycles. The van der Waals surface area contributed by atoms with Crippen LogP contribution >= 0.6 is 11.8 Å². The van der Waals surface area contributed by atoms with E-state index in [4.69, 9.17) is 14.2 Å². The fourth-order valence-corrected chi connectivity index (χ4v) is 4.19. The molecule has 2 aromatic carbocycles. The molecule has 0 atom stereocenters. The minimum atomic E-state index is -0.158. The fourth-order valence-electron chi connectivity index (χ4n) is 3.36. The first-order valence-electron chi connectivity index (χ1n) is 11.1. The van der Waals surface area contributed by atoms with Gasteiger partial charge in [-0.15, -0.1) is 0 Å². The van der Waals surface area contributed by atoms with Crippen LogP contribution in [0.2, 0.25) is 0 Å². The molecule has 0 saturated carbocycles. The van der Waals surface area contributed by atoms with Crippen molar-refractivity contribution in [1.82, 2.24) is 14.9 Å². The highest BCUT2D eigenvalue weighted by atomic mass is 32.2. The lowest BCUT2D eigenvalue weighted by Gasteiger charge is -2.15. The van der Waals surface area contributed by atoms with E-state index in [1.54, 1.807) is 37.0 Å². The number of hydrogen-bond acceptors (Lipinski definition) is 7. The lowest BCUT2D eigenvalue weighted by Crippen LogP contribution is -2.28. The van der Waals surface area contributed by atoms with Crippen LogP contribution in [0.15, 0.2) is 52.4 Å². The molecule has 1 amide bonds.